The van der Waals surface area contributed by atoms with E-state index in [9.17, 15) is 0 Å². The van der Waals surface area contributed by atoms with Gasteiger partial charge in [0.25, 0.3) is 0 Å². The molecular weight excluding hydrogens is 266 g/mol. The Morgan fingerprint density at radius 3 is 2.40 bits per heavy atom. The van der Waals surface area contributed by atoms with Crippen LogP contribution in [0.1, 0.15) is 17.2 Å². The Bertz CT molecular complexity index is 539. The van der Waals surface area contributed by atoms with Crippen LogP contribution in [0.25, 0.3) is 0 Å². The number of benzene rings is 2. The van der Waals surface area contributed by atoms with Gasteiger partial charge < -0.3 is 10.1 Å². The molecule has 0 heterocycles. The fourth-order valence-electron chi connectivity index (χ4n) is 2.32. The molecule has 0 bridgehead atoms. The molecule has 0 fully saturated rings. The van der Waals surface area contributed by atoms with E-state index in [-0.39, 0.29) is 0 Å². The van der Waals surface area contributed by atoms with Crippen LogP contribution >= 0.6 is 11.8 Å². The van der Waals surface area contributed by atoms with Crippen molar-refractivity contribution < 1.29 is 4.74 Å². The van der Waals surface area contributed by atoms with E-state index in [1.165, 1.54) is 16.0 Å². The van der Waals surface area contributed by atoms with Crippen LogP contribution in [0.3, 0.4) is 0 Å². The first-order valence-electron chi connectivity index (χ1n) is 6.71. The molecule has 2 rings (SSSR count). The first-order chi connectivity index (χ1) is 9.78. The van der Waals surface area contributed by atoms with E-state index in [4.69, 9.17) is 4.74 Å². The van der Waals surface area contributed by atoms with Crippen molar-refractivity contribution >= 4 is 11.8 Å². The summed E-state index contributed by atoms with van der Waals surface area (Å²) < 4.78 is 5.20. The minimum atomic E-state index is 0.326. The van der Waals surface area contributed by atoms with Gasteiger partial charge in [-0.15, -0.1) is 11.8 Å². The number of nitrogens with one attached hydrogen (secondary N) is 1. The number of hydrogen-bond acceptors (Lipinski definition) is 3. The van der Waals surface area contributed by atoms with E-state index >= 15 is 0 Å². The molecule has 0 aliphatic rings. The zero-order valence-corrected chi connectivity index (χ0v) is 13.0. The van der Waals surface area contributed by atoms with Gasteiger partial charge in [0.15, 0.2) is 0 Å². The number of thioether (sulfide) groups is 1. The lowest BCUT2D eigenvalue weighted by Gasteiger charge is -2.19. The molecule has 0 radical (unpaired) electrons. The van der Waals surface area contributed by atoms with Crippen molar-refractivity contribution in [2.24, 2.45) is 0 Å². The molecule has 20 heavy (non-hydrogen) atoms. The summed E-state index contributed by atoms with van der Waals surface area (Å²) in [5, 5.41) is 3.43. The lowest BCUT2D eigenvalue weighted by Crippen LogP contribution is -2.19. The molecule has 3 heteroatoms. The monoisotopic (exact) mass is 287 g/mol. The van der Waals surface area contributed by atoms with Gasteiger partial charge in [-0.3, -0.25) is 0 Å². The lowest BCUT2D eigenvalue weighted by molar-refractivity contribution is 0.414. The molecule has 0 aromatic heterocycles. The summed E-state index contributed by atoms with van der Waals surface area (Å²) in [4.78, 5) is 1.33. The molecule has 1 atom stereocenters. The summed E-state index contributed by atoms with van der Waals surface area (Å²) in [6.45, 7) is 0. The van der Waals surface area contributed by atoms with Crippen molar-refractivity contribution in [2.45, 2.75) is 17.4 Å². The van der Waals surface area contributed by atoms with Gasteiger partial charge in [-0.1, -0.05) is 30.3 Å². The zero-order chi connectivity index (χ0) is 14.4. The third-order valence-electron chi connectivity index (χ3n) is 3.46. The number of likely N-dealkylation sites (N-methyl/N-ethyl adjacent to an activating group) is 1. The largest absolute Gasteiger partial charge is 0.497 e. The predicted octanol–water partition coefficient (Wildman–Crippen LogP) is 3.92. The maximum Gasteiger partial charge on any atom is 0.118 e. The highest BCUT2D eigenvalue weighted by Gasteiger charge is 2.13. The van der Waals surface area contributed by atoms with Gasteiger partial charge >= 0.3 is 0 Å². The van der Waals surface area contributed by atoms with E-state index in [1.54, 1.807) is 18.9 Å². The SMILES string of the molecule is CNC(Cc1ccc(OC)cc1)c1ccccc1SC. The molecule has 1 N–H and O–H groups in total. The van der Waals surface area contributed by atoms with Gasteiger partial charge in [0, 0.05) is 10.9 Å². The highest BCUT2D eigenvalue weighted by molar-refractivity contribution is 7.98. The van der Waals surface area contributed by atoms with Crippen LogP contribution in [0, 0.1) is 0 Å². The van der Waals surface area contributed by atoms with Crippen molar-refractivity contribution in [2.75, 3.05) is 20.4 Å². The van der Waals surface area contributed by atoms with E-state index in [0.29, 0.717) is 6.04 Å². The van der Waals surface area contributed by atoms with Gasteiger partial charge in [0.05, 0.1) is 7.11 Å². The smallest absolute Gasteiger partial charge is 0.118 e. The predicted molar refractivity (Wildman–Crippen MR) is 86.7 cm³/mol. The van der Waals surface area contributed by atoms with Crippen LogP contribution < -0.4 is 10.1 Å². The summed E-state index contributed by atoms with van der Waals surface area (Å²) in [5.74, 6) is 0.902. The summed E-state index contributed by atoms with van der Waals surface area (Å²) >= 11 is 1.80. The number of hydrogen-bond donors (Lipinski definition) is 1. The van der Waals surface area contributed by atoms with Crippen LogP contribution in [0.5, 0.6) is 5.75 Å². The van der Waals surface area contributed by atoms with E-state index < -0.39 is 0 Å². The first-order valence-corrected chi connectivity index (χ1v) is 7.94. The Morgan fingerprint density at radius 2 is 1.80 bits per heavy atom. The Kier molecular flexibility index (Phi) is 5.50. The summed E-state index contributed by atoms with van der Waals surface area (Å²) in [6.07, 6.45) is 3.09. The normalized spacial score (nSPS) is 12.2. The summed E-state index contributed by atoms with van der Waals surface area (Å²) in [5.41, 5.74) is 2.67. The molecule has 0 amide bonds. The van der Waals surface area contributed by atoms with Crippen molar-refractivity contribution in [1.82, 2.24) is 5.32 Å². The molecular formula is C17H21NOS. The third-order valence-corrected chi connectivity index (χ3v) is 4.27. The number of ether oxygens (including phenoxy) is 1. The molecule has 0 aliphatic carbocycles. The highest BCUT2D eigenvalue weighted by atomic mass is 32.2. The number of rotatable bonds is 6. The topological polar surface area (TPSA) is 21.3 Å². The second kappa shape index (κ2) is 7.36. The molecule has 2 nitrogen and oxygen atoms in total. The maximum absolute atomic E-state index is 5.20. The maximum atomic E-state index is 5.20. The van der Waals surface area contributed by atoms with E-state index in [0.717, 1.165) is 12.2 Å². The van der Waals surface area contributed by atoms with Crippen LogP contribution in [-0.2, 0) is 6.42 Å². The molecule has 1 unspecified atom stereocenters. The van der Waals surface area contributed by atoms with Crippen LogP contribution in [0.4, 0.5) is 0 Å². The van der Waals surface area contributed by atoms with Gasteiger partial charge in [-0.05, 0) is 49.1 Å². The highest BCUT2D eigenvalue weighted by Crippen LogP contribution is 2.28. The molecule has 106 valence electrons. The van der Waals surface area contributed by atoms with Crippen molar-refractivity contribution in [3.05, 3.63) is 59.7 Å². The molecule has 2 aromatic carbocycles. The lowest BCUT2D eigenvalue weighted by atomic mass is 9.99. The molecule has 2 aromatic rings. The Balaban J connectivity index is 2.19. The Labute approximate surface area is 125 Å². The number of methoxy groups -OCH3 is 1. The van der Waals surface area contributed by atoms with Gasteiger partial charge in [0.2, 0.25) is 0 Å². The van der Waals surface area contributed by atoms with Crippen LogP contribution in [0.2, 0.25) is 0 Å². The standard InChI is InChI=1S/C17H21NOS/c1-18-16(15-6-4-5-7-17(15)20-3)12-13-8-10-14(19-2)11-9-13/h4-11,16,18H,12H2,1-3H3. The minimum Gasteiger partial charge on any atom is -0.497 e. The summed E-state index contributed by atoms with van der Waals surface area (Å²) in [6, 6.07) is 17.2. The molecule has 0 aliphatic heterocycles. The van der Waals surface area contributed by atoms with Gasteiger partial charge in [0.1, 0.15) is 5.75 Å². The average Bonchev–Trinajstić information content (AvgIpc) is 2.53. The first kappa shape index (κ1) is 14.9. The van der Waals surface area contributed by atoms with Crippen molar-refractivity contribution in [3.8, 4) is 5.75 Å². The van der Waals surface area contributed by atoms with Gasteiger partial charge in [-0.25, -0.2) is 0 Å². The third kappa shape index (κ3) is 3.56. The Morgan fingerprint density at radius 1 is 1.10 bits per heavy atom. The fraction of sp³-hybridized carbons (Fsp3) is 0.294. The van der Waals surface area contributed by atoms with E-state index in [1.807, 2.05) is 19.2 Å². The fourth-order valence-corrected chi connectivity index (χ4v) is 2.98. The van der Waals surface area contributed by atoms with Crippen LogP contribution in [0.15, 0.2) is 53.4 Å². The average molecular weight is 287 g/mol. The van der Waals surface area contributed by atoms with E-state index in [2.05, 4.69) is 48.0 Å². The molecule has 0 spiro atoms. The minimum absolute atomic E-state index is 0.326. The second-order valence-corrected chi connectivity index (χ2v) is 5.48. The zero-order valence-electron chi connectivity index (χ0n) is 12.2. The van der Waals surface area contributed by atoms with Crippen molar-refractivity contribution in [3.63, 3.8) is 0 Å². The van der Waals surface area contributed by atoms with Gasteiger partial charge in [-0.2, -0.15) is 0 Å². The quantitative estimate of drug-likeness (QED) is 0.814. The second-order valence-electron chi connectivity index (χ2n) is 4.64. The Hall–Kier alpha value is -1.45. The molecule has 0 saturated heterocycles. The summed E-state index contributed by atoms with van der Waals surface area (Å²) in [7, 11) is 3.71. The van der Waals surface area contributed by atoms with Crippen molar-refractivity contribution in [1.29, 1.82) is 0 Å². The molecule has 0 saturated carbocycles. The van der Waals surface area contributed by atoms with Crippen LogP contribution in [-0.4, -0.2) is 20.4 Å².